The first-order valence-corrected chi connectivity index (χ1v) is 7.78. The van der Waals surface area contributed by atoms with E-state index in [4.69, 9.17) is 4.74 Å². The summed E-state index contributed by atoms with van der Waals surface area (Å²) in [7, 11) is 0. The molecule has 0 radical (unpaired) electrons. The Morgan fingerprint density at radius 1 is 1.09 bits per heavy atom. The van der Waals surface area contributed by atoms with Gasteiger partial charge in [0.1, 0.15) is 11.6 Å². The van der Waals surface area contributed by atoms with Crippen molar-refractivity contribution < 1.29 is 13.9 Å². The number of hydrogen-bond donors (Lipinski definition) is 1. The lowest BCUT2D eigenvalue weighted by Crippen LogP contribution is -2.20. The number of anilines is 1. The number of carbonyl (C=O) groups excluding carboxylic acids is 1. The molecule has 0 aromatic heterocycles. The highest BCUT2D eigenvalue weighted by Crippen LogP contribution is 2.26. The highest BCUT2D eigenvalue weighted by molar-refractivity contribution is 9.10. The Morgan fingerprint density at radius 3 is 2.70 bits per heavy atom. The molecule has 0 heterocycles. The molecule has 3 nitrogen and oxygen atoms in total. The predicted octanol–water partition coefficient (Wildman–Crippen LogP) is 4.76. The summed E-state index contributed by atoms with van der Waals surface area (Å²) in [5.74, 6) is -0.235. The van der Waals surface area contributed by atoms with Crippen molar-refractivity contribution in [3.8, 4) is 5.75 Å². The van der Waals surface area contributed by atoms with Crippen LogP contribution in [0.1, 0.15) is 0 Å². The summed E-state index contributed by atoms with van der Waals surface area (Å²) in [4.78, 5) is 12.1. The number of amides is 1. The third-order valence-corrected chi connectivity index (χ3v) is 3.94. The standard InChI is InChI=1S/C18H13BrFNO2/c19-15-10-13(20)8-9-17(15)23-11-18(22)21-16-7-3-5-12-4-1-2-6-14(12)16/h1-10H,11H2,(H,21,22). The minimum Gasteiger partial charge on any atom is -0.483 e. The number of ether oxygens (including phenoxy) is 1. The largest absolute Gasteiger partial charge is 0.483 e. The van der Waals surface area contributed by atoms with Crippen LogP contribution in [-0.2, 0) is 4.79 Å². The van der Waals surface area contributed by atoms with Crippen LogP contribution >= 0.6 is 15.9 Å². The number of hydrogen-bond acceptors (Lipinski definition) is 2. The average molecular weight is 374 g/mol. The van der Waals surface area contributed by atoms with Crippen molar-refractivity contribution >= 4 is 38.3 Å². The fourth-order valence-electron chi connectivity index (χ4n) is 2.26. The molecule has 3 rings (SSSR count). The molecule has 1 N–H and O–H groups in total. The Labute approximate surface area is 141 Å². The van der Waals surface area contributed by atoms with Gasteiger partial charge in [0.2, 0.25) is 0 Å². The Hall–Kier alpha value is -2.40. The molecule has 0 aliphatic rings. The van der Waals surface area contributed by atoms with Gasteiger partial charge in [-0.2, -0.15) is 0 Å². The second-order valence-corrected chi connectivity index (χ2v) is 5.79. The zero-order valence-electron chi connectivity index (χ0n) is 12.1. The molecule has 0 saturated carbocycles. The lowest BCUT2D eigenvalue weighted by molar-refractivity contribution is -0.118. The molecule has 0 aliphatic heterocycles. The van der Waals surface area contributed by atoms with Gasteiger partial charge in [-0.3, -0.25) is 4.79 Å². The zero-order chi connectivity index (χ0) is 16.2. The van der Waals surface area contributed by atoms with Crippen LogP contribution in [0.25, 0.3) is 10.8 Å². The monoisotopic (exact) mass is 373 g/mol. The van der Waals surface area contributed by atoms with Crippen molar-refractivity contribution in [3.05, 3.63) is 71.0 Å². The Kier molecular flexibility index (Phi) is 4.57. The maximum atomic E-state index is 13.0. The van der Waals surface area contributed by atoms with Gasteiger partial charge in [0, 0.05) is 11.1 Å². The normalized spacial score (nSPS) is 10.5. The van der Waals surface area contributed by atoms with Crippen LogP contribution in [0.3, 0.4) is 0 Å². The average Bonchev–Trinajstić information content (AvgIpc) is 2.54. The van der Waals surface area contributed by atoms with Gasteiger partial charge < -0.3 is 10.1 Å². The summed E-state index contributed by atoms with van der Waals surface area (Å²) in [6.45, 7) is -0.159. The van der Waals surface area contributed by atoms with Gasteiger partial charge in [0.25, 0.3) is 5.91 Å². The predicted molar refractivity (Wildman–Crippen MR) is 92.2 cm³/mol. The molecule has 0 fully saturated rings. The van der Waals surface area contributed by atoms with E-state index in [9.17, 15) is 9.18 Å². The molecule has 3 aromatic carbocycles. The lowest BCUT2D eigenvalue weighted by atomic mass is 10.1. The number of benzene rings is 3. The van der Waals surface area contributed by atoms with Crippen molar-refractivity contribution in [2.24, 2.45) is 0 Å². The Morgan fingerprint density at radius 2 is 1.87 bits per heavy atom. The molecule has 3 aromatic rings. The van der Waals surface area contributed by atoms with E-state index in [-0.39, 0.29) is 18.3 Å². The Balaban J connectivity index is 1.69. The second-order valence-electron chi connectivity index (χ2n) is 4.94. The minimum atomic E-state index is -0.371. The molecule has 116 valence electrons. The van der Waals surface area contributed by atoms with Crippen LogP contribution in [-0.4, -0.2) is 12.5 Å². The van der Waals surface area contributed by atoms with Crippen molar-refractivity contribution in [1.82, 2.24) is 0 Å². The summed E-state index contributed by atoms with van der Waals surface area (Å²) in [6, 6.07) is 17.6. The minimum absolute atomic E-state index is 0.159. The van der Waals surface area contributed by atoms with Crippen LogP contribution in [0.2, 0.25) is 0 Å². The summed E-state index contributed by atoms with van der Waals surface area (Å²) in [5.41, 5.74) is 0.731. The molecule has 0 unspecified atom stereocenters. The molecule has 0 spiro atoms. The van der Waals surface area contributed by atoms with E-state index in [1.807, 2.05) is 42.5 Å². The fourth-order valence-corrected chi connectivity index (χ4v) is 2.72. The van der Waals surface area contributed by atoms with Gasteiger partial charge in [-0.1, -0.05) is 36.4 Å². The summed E-state index contributed by atoms with van der Waals surface area (Å²) in [5, 5.41) is 4.85. The van der Waals surface area contributed by atoms with E-state index in [1.54, 1.807) is 0 Å². The number of nitrogens with one attached hydrogen (secondary N) is 1. The molecule has 0 aliphatic carbocycles. The van der Waals surface area contributed by atoms with E-state index in [0.717, 1.165) is 16.5 Å². The third kappa shape index (κ3) is 3.68. The molecule has 23 heavy (non-hydrogen) atoms. The molecular weight excluding hydrogens is 361 g/mol. The van der Waals surface area contributed by atoms with Crippen LogP contribution in [0.5, 0.6) is 5.75 Å². The van der Waals surface area contributed by atoms with Crippen LogP contribution in [0.15, 0.2) is 65.1 Å². The summed E-state index contributed by atoms with van der Waals surface area (Å²) in [6.07, 6.45) is 0. The van der Waals surface area contributed by atoms with E-state index in [2.05, 4.69) is 21.2 Å². The summed E-state index contributed by atoms with van der Waals surface area (Å²) < 4.78 is 18.9. The van der Waals surface area contributed by atoms with E-state index in [0.29, 0.717) is 10.2 Å². The van der Waals surface area contributed by atoms with E-state index >= 15 is 0 Å². The molecule has 0 saturated heterocycles. The first-order chi connectivity index (χ1) is 11.1. The van der Waals surface area contributed by atoms with E-state index in [1.165, 1.54) is 18.2 Å². The molecule has 0 bridgehead atoms. The van der Waals surface area contributed by atoms with Gasteiger partial charge in [-0.15, -0.1) is 0 Å². The first kappa shape index (κ1) is 15.5. The van der Waals surface area contributed by atoms with Gasteiger partial charge in [-0.05, 0) is 45.6 Å². The van der Waals surface area contributed by atoms with Gasteiger partial charge in [-0.25, -0.2) is 4.39 Å². The smallest absolute Gasteiger partial charge is 0.262 e. The lowest BCUT2D eigenvalue weighted by Gasteiger charge is -2.10. The van der Waals surface area contributed by atoms with Crippen molar-refractivity contribution in [2.45, 2.75) is 0 Å². The molecule has 0 atom stereocenters. The number of rotatable bonds is 4. The third-order valence-electron chi connectivity index (χ3n) is 3.32. The summed E-state index contributed by atoms with van der Waals surface area (Å²) >= 11 is 3.20. The van der Waals surface area contributed by atoms with Gasteiger partial charge >= 0.3 is 0 Å². The van der Waals surface area contributed by atoms with Crippen molar-refractivity contribution in [2.75, 3.05) is 11.9 Å². The Bertz CT molecular complexity index is 861. The first-order valence-electron chi connectivity index (χ1n) is 6.99. The number of carbonyl (C=O) groups is 1. The second kappa shape index (κ2) is 6.79. The van der Waals surface area contributed by atoms with Gasteiger partial charge in [0.15, 0.2) is 6.61 Å². The maximum Gasteiger partial charge on any atom is 0.262 e. The number of halogens is 2. The SMILES string of the molecule is O=C(COc1ccc(F)cc1Br)Nc1cccc2ccccc12. The van der Waals surface area contributed by atoms with E-state index < -0.39 is 0 Å². The highest BCUT2D eigenvalue weighted by Gasteiger charge is 2.08. The number of fused-ring (bicyclic) bond motifs is 1. The zero-order valence-corrected chi connectivity index (χ0v) is 13.6. The highest BCUT2D eigenvalue weighted by atomic mass is 79.9. The molecule has 5 heteroatoms. The molecule has 1 amide bonds. The van der Waals surface area contributed by atoms with Crippen LogP contribution < -0.4 is 10.1 Å². The van der Waals surface area contributed by atoms with Crippen molar-refractivity contribution in [3.63, 3.8) is 0 Å². The molecular formula is C18H13BrFNO2. The topological polar surface area (TPSA) is 38.3 Å². The quantitative estimate of drug-likeness (QED) is 0.715. The van der Waals surface area contributed by atoms with Crippen molar-refractivity contribution in [1.29, 1.82) is 0 Å². The van der Waals surface area contributed by atoms with Gasteiger partial charge in [0.05, 0.1) is 4.47 Å². The van der Waals surface area contributed by atoms with Crippen LogP contribution in [0.4, 0.5) is 10.1 Å². The maximum absolute atomic E-state index is 13.0. The van der Waals surface area contributed by atoms with Crippen LogP contribution in [0, 0.1) is 5.82 Å². The fraction of sp³-hybridized carbons (Fsp3) is 0.0556.